The molecule has 0 spiro atoms. The first-order valence-corrected chi connectivity index (χ1v) is 30.6. The van der Waals surface area contributed by atoms with Gasteiger partial charge in [-0.2, -0.15) is 4.33 Å². The minimum Gasteiger partial charge on any atom is -0.357 e. The smallest absolute Gasteiger partial charge is 0.357 e. The Morgan fingerprint density at radius 2 is 0.685 bits per heavy atom. The average molecular weight is 1120 g/mol. The molecule has 73 heavy (non-hydrogen) atoms. The van der Waals surface area contributed by atoms with Crippen LogP contribution in [0.25, 0.3) is 89.7 Å². The van der Waals surface area contributed by atoms with Gasteiger partial charge in [-0.25, -0.2) is 40.1 Å². The molecule has 4 unspecified atom stereocenters. The largest absolute Gasteiger partial charge is 2.00 e. The van der Waals surface area contributed by atoms with Gasteiger partial charge in [-0.05, 0) is 74.9 Å². The Morgan fingerprint density at radius 3 is 0.877 bits per heavy atom. The van der Waals surface area contributed by atoms with Crippen LogP contribution in [0.5, 0.6) is 0 Å². The molecule has 8 bridgehead atoms. The molecule has 0 saturated carbocycles. The molecule has 9 rings (SSSR count). The fourth-order valence-electron chi connectivity index (χ4n) is 6.54. The Hall–Kier alpha value is -5.12. The van der Waals surface area contributed by atoms with E-state index in [1.807, 2.05) is 138 Å². The van der Waals surface area contributed by atoms with Gasteiger partial charge in [0.15, 0.2) is 0 Å². The van der Waals surface area contributed by atoms with Crippen LogP contribution in [0.4, 0.5) is 0 Å². The predicted molar refractivity (Wildman–Crippen MR) is 293 cm³/mol. The van der Waals surface area contributed by atoms with Gasteiger partial charge in [-0.1, -0.05) is 125 Å². The molecule has 0 aliphatic carbocycles. The van der Waals surface area contributed by atoms with Crippen LogP contribution in [0.15, 0.2) is 97.1 Å². The van der Waals surface area contributed by atoms with Crippen molar-refractivity contribution in [1.82, 2.24) is 39.9 Å². The Morgan fingerprint density at radius 1 is 0.438 bits per heavy atom. The predicted octanol–water partition coefficient (Wildman–Crippen LogP) is 10.6. The number of fused-ring (bicyclic) bond motifs is 20. The van der Waals surface area contributed by atoms with Gasteiger partial charge in [-0.3, -0.25) is 0 Å². The molecule has 7 aromatic rings. The average Bonchev–Trinajstić information content (AvgIpc) is 4.10. The van der Waals surface area contributed by atoms with Crippen LogP contribution in [0, 0.1) is 0 Å². The van der Waals surface area contributed by atoms with Gasteiger partial charge in [0.2, 0.25) is 0 Å². The zero-order valence-corrected chi connectivity index (χ0v) is 47.4. The molecule has 395 valence electrons. The fraction of sp³-hybridized carbons (Fsp3) is 0.385. The van der Waals surface area contributed by atoms with E-state index in [1.165, 1.54) is 30.8 Å². The second kappa shape index (κ2) is 26.9. The first kappa shape index (κ1) is 60.4. The fourth-order valence-corrected chi connectivity index (χ4v) is 8.57. The number of nitrogens with zero attached hydrogens (tertiary/aromatic N) is 8. The topological polar surface area (TPSA) is 226 Å². The SMILES string of the molecule is CCC(C)OOSC.CCC(C)S(C)(=O)=O.CCC(C)S(C)(=O)=O.CCC(C)S(C)(=O)=O.[Cu+2].c1ccc2c(c1)-c1nc-2nc2[n-]c(nc3nc(nc4[n-]c(n1)c1ccccc41)-c1ccccc1-3)c1ccccc21. The number of benzene rings is 4. The summed E-state index contributed by atoms with van der Waals surface area (Å²) < 4.78 is 68.0. The monoisotopic (exact) mass is 1120 g/mol. The van der Waals surface area contributed by atoms with Crippen molar-refractivity contribution in [2.75, 3.05) is 25.0 Å². The Kier molecular flexibility index (Phi) is 22.3. The van der Waals surface area contributed by atoms with Gasteiger partial charge in [0, 0.05) is 81.9 Å². The third-order valence-corrected chi connectivity index (χ3v) is 17.7. The van der Waals surface area contributed by atoms with Crippen LogP contribution in [0.1, 0.15) is 81.1 Å². The van der Waals surface area contributed by atoms with Gasteiger partial charge < -0.3 is 29.9 Å². The summed E-state index contributed by atoms with van der Waals surface area (Å²) in [7, 11) is -8.26. The van der Waals surface area contributed by atoms with E-state index in [4.69, 9.17) is 44.8 Å². The first-order chi connectivity index (χ1) is 34.1. The van der Waals surface area contributed by atoms with Crippen molar-refractivity contribution < 1.29 is 51.5 Å². The van der Waals surface area contributed by atoms with Crippen molar-refractivity contribution >= 4 is 85.7 Å². The van der Waals surface area contributed by atoms with Crippen molar-refractivity contribution in [1.29, 1.82) is 0 Å². The van der Waals surface area contributed by atoms with Crippen LogP contribution < -0.4 is 9.97 Å². The maximum Gasteiger partial charge on any atom is 2.00 e. The molecule has 4 atom stereocenters. The number of rotatable bonds is 10. The van der Waals surface area contributed by atoms with Gasteiger partial charge >= 0.3 is 17.1 Å². The quantitative estimate of drug-likeness (QED) is 0.0537. The summed E-state index contributed by atoms with van der Waals surface area (Å²) in [5.74, 6) is 2.21. The van der Waals surface area contributed by atoms with Crippen LogP contribution in [0.2, 0.25) is 0 Å². The summed E-state index contributed by atoms with van der Waals surface area (Å²) in [4.78, 5) is 44.1. The Balaban J connectivity index is 0.000000287. The van der Waals surface area contributed by atoms with Gasteiger partial charge in [0.05, 0.1) is 45.2 Å². The third-order valence-electron chi connectivity index (χ3n) is 12.1. The molecule has 0 N–H and O–H groups in total. The van der Waals surface area contributed by atoms with Crippen molar-refractivity contribution in [3.8, 4) is 45.6 Å². The van der Waals surface area contributed by atoms with Crippen molar-refractivity contribution in [2.45, 2.75) is 103 Å². The van der Waals surface area contributed by atoms with E-state index < -0.39 is 29.5 Å². The van der Waals surface area contributed by atoms with Crippen molar-refractivity contribution in [2.24, 2.45) is 0 Å². The zero-order chi connectivity index (χ0) is 53.0. The molecule has 3 aromatic heterocycles. The van der Waals surface area contributed by atoms with Gasteiger partial charge in [0.25, 0.3) is 0 Å². The minimum absolute atomic E-state index is 0. The Bertz CT molecular complexity index is 3090. The van der Waals surface area contributed by atoms with E-state index in [-0.39, 0.29) is 38.9 Å². The molecule has 16 nitrogen and oxygen atoms in total. The summed E-state index contributed by atoms with van der Waals surface area (Å²) in [6, 6.07) is 31.8. The molecule has 2 aliphatic rings. The van der Waals surface area contributed by atoms with E-state index in [1.54, 1.807) is 20.8 Å². The zero-order valence-electron chi connectivity index (χ0n) is 43.2. The second-order valence-corrected chi connectivity index (χ2v) is 25.2. The van der Waals surface area contributed by atoms with E-state index in [0.29, 0.717) is 65.1 Å². The minimum atomic E-state index is -2.75. The van der Waals surface area contributed by atoms with Crippen LogP contribution in [0.3, 0.4) is 0 Å². The summed E-state index contributed by atoms with van der Waals surface area (Å²) >= 11 is 1.22. The number of hydrogen-bond acceptors (Lipinski definition) is 15. The van der Waals surface area contributed by atoms with E-state index >= 15 is 0 Å². The first-order valence-electron chi connectivity index (χ1n) is 23.6. The maximum atomic E-state index is 10.6. The van der Waals surface area contributed by atoms with Crippen molar-refractivity contribution in [3.05, 3.63) is 97.1 Å². The van der Waals surface area contributed by atoms with Gasteiger partial charge in [-0.15, -0.1) is 0 Å². The molecular weight excluding hydrogens is 1060 g/mol. The number of sulfone groups is 3. The van der Waals surface area contributed by atoms with Crippen LogP contribution in [-0.4, -0.2) is 102 Å². The normalized spacial score (nSPS) is 13.3. The molecular formula is C52H64CuN8O8S4. The summed E-state index contributed by atoms with van der Waals surface area (Å²) in [5.41, 5.74) is 5.78. The molecule has 5 heterocycles. The standard InChI is InChI=1S/C32H16N8.4C5H12O2S.Cu/c1-2-10-18-17(9-1)25-33-26(18)38-28-21-13-5-6-14-22(21)30(35-28)40-32-24-16-8-7-15-23(24)31(36-32)39-29-20-12-4-3-11-19(20)27(34-29)37-25;3*1-4-5(2)8(3,6)7;1-4-5(2)6-7-8-3;/h1-16H;4*5H,4H2,1-3H3;/q-2;;;;;+2. The van der Waals surface area contributed by atoms with Crippen LogP contribution >= 0.6 is 12.0 Å². The van der Waals surface area contributed by atoms with Crippen LogP contribution in [-0.2, 0) is 55.8 Å². The molecule has 4 aromatic carbocycles. The molecule has 0 amide bonds. The van der Waals surface area contributed by atoms with Gasteiger partial charge in [0.1, 0.15) is 29.5 Å². The third kappa shape index (κ3) is 15.9. The van der Waals surface area contributed by atoms with E-state index in [9.17, 15) is 25.3 Å². The van der Waals surface area contributed by atoms with E-state index in [0.717, 1.165) is 50.2 Å². The maximum absolute atomic E-state index is 10.6. The number of aromatic nitrogens is 8. The Labute approximate surface area is 444 Å². The molecule has 21 heteroatoms. The molecule has 0 saturated heterocycles. The second-order valence-electron chi connectivity index (χ2n) is 17.4. The number of hydrogen-bond donors (Lipinski definition) is 0. The summed E-state index contributed by atoms with van der Waals surface area (Å²) in [6.07, 6.45) is 8.94. The summed E-state index contributed by atoms with van der Waals surface area (Å²) in [5, 5.41) is 3.04. The molecule has 0 fully saturated rings. The van der Waals surface area contributed by atoms with E-state index in [2.05, 4.69) is 4.33 Å². The molecule has 2 aliphatic heterocycles. The van der Waals surface area contributed by atoms with Crippen molar-refractivity contribution in [3.63, 3.8) is 0 Å². The molecule has 1 radical (unpaired) electrons. The summed E-state index contributed by atoms with van der Waals surface area (Å²) in [6.45, 7) is 14.8.